The van der Waals surface area contributed by atoms with E-state index in [9.17, 15) is 19.1 Å². The minimum absolute atomic E-state index is 0. The van der Waals surface area contributed by atoms with Crippen molar-refractivity contribution in [3.63, 3.8) is 0 Å². The summed E-state index contributed by atoms with van der Waals surface area (Å²) < 4.78 is 20.1. The largest absolute Gasteiger partial charge is 1.00 e. The van der Waals surface area contributed by atoms with Crippen molar-refractivity contribution in [2.24, 2.45) is 4.99 Å². The summed E-state index contributed by atoms with van der Waals surface area (Å²) in [6.45, 7) is 3.40. The fourth-order valence-electron chi connectivity index (χ4n) is 5.06. The Morgan fingerprint density at radius 2 is 1.82 bits per heavy atom. The summed E-state index contributed by atoms with van der Waals surface area (Å²) in [5, 5.41) is 11.0. The number of urea groups is 1. The summed E-state index contributed by atoms with van der Waals surface area (Å²) in [5.41, 5.74) is 3.34. The summed E-state index contributed by atoms with van der Waals surface area (Å²) in [6.07, 6.45) is 4.30. The molecule has 0 bridgehead atoms. The van der Waals surface area contributed by atoms with E-state index in [1.165, 1.54) is 16.5 Å². The number of halogens is 2. The first-order valence-electron chi connectivity index (χ1n) is 12.5. The van der Waals surface area contributed by atoms with E-state index in [2.05, 4.69) is 9.89 Å². The zero-order valence-electron chi connectivity index (χ0n) is 21.3. The molecule has 204 valence electrons. The molecular weight excluding hydrogens is 527 g/mol. The number of allylic oxidation sites excluding steroid dienone is 1. The lowest BCUT2D eigenvalue weighted by Crippen LogP contribution is -3.00. The number of pyridine rings is 1. The van der Waals surface area contributed by atoms with Crippen molar-refractivity contribution >= 4 is 28.8 Å². The molecule has 2 saturated heterocycles. The molecule has 3 aromatic rings. The fraction of sp³-hybridized carbons (Fsp3) is 0.333. The van der Waals surface area contributed by atoms with Gasteiger partial charge in [0, 0.05) is 52.0 Å². The maximum Gasteiger partial charge on any atom is 0.324 e. The van der Waals surface area contributed by atoms with Crippen LogP contribution in [0.1, 0.15) is 17.7 Å². The van der Waals surface area contributed by atoms with Gasteiger partial charge in [-0.3, -0.25) is 19.1 Å². The molecule has 2 aromatic heterocycles. The van der Waals surface area contributed by atoms with E-state index in [1.54, 1.807) is 41.4 Å². The smallest absolute Gasteiger partial charge is 0.324 e. The fourth-order valence-corrected chi connectivity index (χ4v) is 5.06. The van der Waals surface area contributed by atoms with E-state index in [0.29, 0.717) is 63.6 Å². The molecule has 0 radical (unpaired) electrons. The normalized spacial score (nSPS) is 17.5. The monoisotopic (exact) mass is 553 g/mol. The molecule has 0 atom stereocenters. The molecule has 10 nitrogen and oxygen atoms in total. The van der Waals surface area contributed by atoms with Crippen LogP contribution < -0.4 is 27.8 Å². The molecule has 0 spiro atoms. The first kappa shape index (κ1) is 26.6. The number of aromatic nitrogens is 2. The van der Waals surface area contributed by atoms with Gasteiger partial charge in [0.05, 0.1) is 30.3 Å². The van der Waals surface area contributed by atoms with Crippen LogP contribution in [-0.2, 0) is 11.2 Å². The van der Waals surface area contributed by atoms with Crippen LogP contribution >= 0.6 is 0 Å². The number of hydrogen-bond acceptors (Lipinski definition) is 7. The Labute approximate surface area is 230 Å². The Balaban J connectivity index is 0.00000308. The lowest BCUT2D eigenvalue weighted by molar-refractivity contribution is -0.0000131. The van der Waals surface area contributed by atoms with Crippen LogP contribution in [0.4, 0.5) is 20.6 Å². The highest BCUT2D eigenvalue weighted by Crippen LogP contribution is 2.31. The Bertz CT molecular complexity index is 1550. The minimum Gasteiger partial charge on any atom is -1.00 e. The Morgan fingerprint density at radius 3 is 2.51 bits per heavy atom. The lowest BCUT2D eigenvalue weighted by Gasteiger charge is -2.30. The number of aromatic hydroxyl groups is 1. The molecule has 2 amide bonds. The van der Waals surface area contributed by atoms with Gasteiger partial charge in [0.1, 0.15) is 11.5 Å². The van der Waals surface area contributed by atoms with Crippen LogP contribution in [0.2, 0.25) is 0 Å². The second kappa shape index (κ2) is 10.7. The van der Waals surface area contributed by atoms with Gasteiger partial charge in [-0.1, -0.05) is 12.1 Å². The third-order valence-electron chi connectivity index (χ3n) is 7.17. The Kier molecular flexibility index (Phi) is 7.28. The van der Waals surface area contributed by atoms with Gasteiger partial charge in [-0.2, -0.15) is 0 Å². The number of fused-ring (bicyclic) bond motifs is 1. The number of morpholine rings is 1. The quantitative estimate of drug-likeness (QED) is 0.460. The maximum atomic E-state index is 13.5. The molecule has 3 aliphatic heterocycles. The van der Waals surface area contributed by atoms with Crippen LogP contribution in [-0.4, -0.2) is 77.6 Å². The molecule has 5 heterocycles. The van der Waals surface area contributed by atoms with Crippen LogP contribution in [0.3, 0.4) is 0 Å². The van der Waals surface area contributed by atoms with Gasteiger partial charge in [0.15, 0.2) is 5.65 Å². The van der Waals surface area contributed by atoms with Crippen LogP contribution in [0.25, 0.3) is 5.65 Å². The zero-order chi connectivity index (χ0) is 26.4. The standard InChI is InChI=1S/C27H27FN6O4.ClH/c1-31-6-7-33(27(31)37)22-14-20(32-8-10-38-11-9-32)16-34-25(22)30-23(24(35)26(34)36)21-13-18(15-29-21)12-17-2-4-19(28)5-3-17;/h2-5,14-16,35H,6-13H2,1H3;1H/p-1. The third kappa shape index (κ3) is 4.95. The molecule has 39 heavy (non-hydrogen) atoms. The molecule has 2 fully saturated rings. The number of likely N-dealkylation sites (N-methyl/N-ethyl adjacent to an activating group) is 1. The number of carbonyl (C=O) groups is 1. The molecule has 0 aliphatic carbocycles. The van der Waals surface area contributed by atoms with Gasteiger partial charge >= 0.3 is 11.6 Å². The van der Waals surface area contributed by atoms with Crippen molar-refractivity contribution in [2.45, 2.75) is 12.8 Å². The topological polar surface area (TPSA) is 103 Å². The molecule has 6 rings (SSSR count). The van der Waals surface area contributed by atoms with E-state index in [1.807, 2.05) is 6.07 Å². The molecule has 1 aromatic carbocycles. The molecule has 0 saturated carbocycles. The number of ether oxygens (including phenoxy) is 1. The highest BCUT2D eigenvalue weighted by Gasteiger charge is 2.31. The average Bonchev–Trinajstić information content (AvgIpc) is 3.53. The van der Waals surface area contributed by atoms with Crippen molar-refractivity contribution in [2.75, 3.05) is 56.2 Å². The maximum absolute atomic E-state index is 13.5. The van der Waals surface area contributed by atoms with Gasteiger partial charge in [-0.05, 0) is 35.8 Å². The Morgan fingerprint density at radius 1 is 1.08 bits per heavy atom. The SMILES string of the molecule is CN1CCN(c2cc(N3CCOCC3)cn3c(=O)c(O)c(C4=NC=C(Cc5ccc(F)cc5)C4)nc23)C1=O.[Cl-]. The van der Waals surface area contributed by atoms with Crippen molar-refractivity contribution < 1.29 is 31.4 Å². The number of carbonyl (C=O) groups excluding carboxylic acids is 1. The lowest BCUT2D eigenvalue weighted by atomic mass is 10.0. The van der Waals surface area contributed by atoms with Crippen molar-refractivity contribution in [1.29, 1.82) is 0 Å². The molecule has 3 aliphatic rings. The Hall–Kier alpha value is -3.96. The minimum atomic E-state index is -0.629. The summed E-state index contributed by atoms with van der Waals surface area (Å²) >= 11 is 0. The summed E-state index contributed by atoms with van der Waals surface area (Å²) in [6, 6.07) is 7.95. The summed E-state index contributed by atoms with van der Waals surface area (Å²) in [5.74, 6) is -0.792. The number of hydrogen-bond donors (Lipinski definition) is 1. The van der Waals surface area contributed by atoms with Crippen LogP contribution in [0.15, 0.2) is 58.1 Å². The average molecular weight is 554 g/mol. The van der Waals surface area contributed by atoms with Gasteiger partial charge in [0.2, 0.25) is 5.75 Å². The number of aliphatic imine (C=N–C) groups is 1. The number of benzene rings is 1. The van der Waals surface area contributed by atoms with Gasteiger partial charge in [-0.25, -0.2) is 14.2 Å². The van der Waals surface area contributed by atoms with Crippen LogP contribution in [0.5, 0.6) is 5.75 Å². The first-order chi connectivity index (χ1) is 18.4. The third-order valence-corrected chi connectivity index (χ3v) is 7.17. The number of rotatable bonds is 5. The molecule has 0 unspecified atom stereocenters. The number of anilines is 2. The second-order valence-electron chi connectivity index (χ2n) is 9.69. The first-order valence-corrected chi connectivity index (χ1v) is 12.5. The van der Waals surface area contributed by atoms with E-state index < -0.39 is 11.3 Å². The van der Waals surface area contributed by atoms with E-state index in [-0.39, 0.29) is 35.6 Å². The molecular formula is C27H27ClFN6O4-. The number of amides is 2. The second-order valence-corrected chi connectivity index (χ2v) is 9.69. The van der Waals surface area contributed by atoms with E-state index in [0.717, 1.165) is 16.8 Å². The zero-order valence-corrected chi connectivity index (χ0v) is 22.1. The predicted octanol–water partition coefficient (Wildman–Crippen LogP) is -0.429. The highest BCUT2D eigenvalue weighted by molar-refractivity contribution is 6.05. The molecule has 1 N–H and O–H groups in total. The summed E-state index contributed by atoms with van der Waals surface area (Å²) in [4.78, 5) is 40.9. The predicted molar refractivity (Wildman–Crippen MR) is 141 cm³/mol. The van der Waals surface area contributed by atoms with Crippen molar-refractivity contribution in [3.8, 4) is 5.75 Å². The van der Waals surface area contributed by atoms with E-state index >= 15 is 0 Å². The van der Waals surface area contributed by atoms with Crippen molar-refractivity contribution in [1.82, 2.24) is 14.3 Å². The van der Waals surface area contributed by atoms with Crippen molar-refractivity contribution in [3.05, 3.63) is 75.7 Å². The van der Waals surface area contributed by atoms with E-state index in [4.69, 9.17) is 9.72 Å². The van der Waals surface area contributed by atoms with Gasteiger partial charge in [0.25, 0.3) is 0 Å². The van der Waals surface area contributed by atoms with Gasteiger partial charge < -0.3 is 32.1 Å². The highest BCUT2D eigenvalue weighted by atomic mass is 35.5. The summed E-state index contributed by atoms with van der Waals surface area (Å²) in [7, 11) is 1.73. The molecule has 12 heteroatoms. The van der Waals surface area contributed by atoms with Crippen LogP contribution in [0, 0.1) is 5.82 Å². The number of nitrogens with zero attached hydrogens (tertiary/aromatic N) is 6. The van der Waals surface area contributed by atoms with Gasteiger partial charge in [-0.15, -0.1) is 0 Å².